The normalized spacial score (nSPS) is 12.4. The van der Waals surface area contributed by atoms with Crippen LogP contribution in [0.15, 0.2) is 34.9 Å². The molecule has 0 fully saturated rings. The standard InChI is InChI=1S/C12H11BrFN3O/c13-7-1-2-9(14)8(5-7)10-3-4-16-12(17-10)11(18)6-15/h1-5,11,18H,6,15H2. The van der Waals surface area contributed by atoms with Crippen LogP contribution in [0.2, 0.25) is 0 Å². The third kappa shape index (κ3) is 2.72. The number of halogens is 2. The van der Waals surface area contributed by atoms with Crippen molar-refractivity contribution in [1.29, 1.82) is 0 Å². The highest BCUT2D eigenvalue weighted by Gasteiger charge is 2.12. The lowest BCUT2D eigenvalue weighted by Crippen LogP contribution is -2.14. The van der Waals surface area contributed by atoms with Crippen LogP contribution >= 0.6 is 15.9 Å². The fraction of sp³-hybridized carbons (Fsp3) is 0.167. The van der Waals surface area contributed by atoms with Gasteiger partial charge in [-0.05, 0) is 24.3 Å². The van der Waals surface area contributed by atoms with Crippen molar-refractivity contribution in [1.82, 2.24) is 9.97 Å². The van der Waals surface area contributed by atoms with Crippen LogP contribution in [0.3, 0.4) is 0 Å². The lowest BCUT2D eigenvalue weighted by atomic mass is 10.1. The van der Waals surface area contributed by atoms with Gasteiger partial charge in [0.05, 0.1) is 5.69 Å². The van der Waals surface area contributed by atoms with Crippen LogP contribution in [0.1, 0.15) is 11.9 Å². The van der Waals surface area contributed by atoms with E-state index in [9.17, 15) is 9.50 Å². The maximum atomic E-state index is 13.7. The molecular formula is C12H11BrFN3O. The minimum absolute atomic E-state index is 0.0183. The largest absolute Gasteiger partial charge is 0.384 e. The number of aliphatic hydroxyl groups is 1. The molecule has 0 bridgehead atoms. The summed E-state index contributed by atoms with van der Waals surface area (Å²) >= 11 is 3.28. The second-order valence-electron chi connectivity index (χ2n) is 3.68. The van der Waals surface area contributed by atoms with Gasteiger partial charge in [0, 0.05) is 22.8 Å². The van der Waals surface area contributed by atoms with Crippen LogP contribution in [0, 0.1) is 5.82 Å². The zero-order valence-electron chi connectivity index (χ0n) is 9.35. The van der Waals surface area contributed by atoms with Gasteiger partial charge in [-0.3, -0.25) is 0 Å². The zero-order valence-corrected chi connectivity index (χ0v) is 10.9. The summed E-state index contributed by atoms with van der Waals surface area (Å²) in [6.07, 6.45) is 0.525. The molecule has 1 heterocycles. The Morgan fingerprint density at radius 2 is 2.17 bits per heavy atom. The van der Waals surface area contributed by atoms with E-state index in [1.54, 1.807) is 18.2 Å². The quantitative estimate of drug-likeness (QED) is 0.910. The molecule has 1 aromatic carbocycles. The molecule has 1 unspecified atom stereocenters. The van der Waals surface area contributed by atoms with E-state index in [1.165, 1.54) is 12.3 Å². The molecule has 0 saturated carbocycles. The smallest absolute Gasteiger partial charge is 0.158 e. The van der Waals surface area contributed by atoms with E-state index in [4.69, 9.17) is 5.73 Å². The van der Waals surface area contributed by atoms with Gasteiger partial charge in [0.2, 0.25) is 0 Å². The lowest BCUT2D eigenvalue weighted by molar-refractivity contribution is 0.176. The van der Waals surface area contributed by atoms with Crippen molar-refractivity contribution in [2.24, 2.45) is 5.73 Å². The molecule has 1 atom stereocenters. The molecule has 4 nitrogen and oxygen atoms in total. The molecule has 0 radical (unpaired) electrons. The summed E-state index contributed by atoms with van der Waals surface area (Å²) in [5.41, 5.74) is 6.09. The second kappa shape index (κ2) is 5.51. The fourth-order valence-electron chi connectivity index (χ4n) is 1.48. The molecule has 6 heteroatoms. The summed E-state index contributed by atoms with van der Waals surface area (Å²) < 4.78 is 14.5. The summed E-state index contributed by atoms with van der Waals surface area (Å²) in [7, 11) is 0. The summed E-state index contributed by atoms with van der Waals surface area (Å²) in [4.78, 5) is 8.03. The van der Waals surface area contributed by atoms with E-state index in [2.05, 4.69) is 25.9 Å². The van der Waals surface area contributed by atoms with Gasteiger partial charge in [-0.1, -0.05) is 15.9 Å². The van der Waals surface area contributed by atoms with E-state index in [1.807, 2.05) is 0 Å². The second-order valence-corrected chi connectivity index (χ2v) is 4.59. The first-order valence-corrected chi connectivity index (χ1v) is 6.07. The minimum atomic E-state index is -0.944. The van der Waals surface area contributed by atoms with Gasteiger partial charge in [0.1, 0.15) is 11.9 Å². The maximum Gasteiger partial charge on any atom is 0.158 e. The monoisotopic (exact) mass is 311 g/mol. The molecule has 2 rings (SSSR count). The Hall–Kier alpha value is -1.37. The SMILES string of the molecule is NCC(O)c1nccc(-c2cc(Br)ccc2F)n1. The van der Waals surface area contributed by atoms with Gasteiger partial charge in [0.15, 0.2) is 5.82 Å². The van der Waals surface area contributed by atoms with E-state index >= 15 is 0 Å². The number of rotatable bonds is 3. The third-order valence-electron chi connectivity index (χ3n) is 2.40. The van der Waals surface area contributed by atoms with Gasteiger partial charge in [-0.25, -0.2) is 14.4 Å². The highest BCUT2D eigenvalue weighted by atomic mass is 79.9. The Bertz CT molecular complexity index is 565. The number of nitrogens with two attached hydrogens (primary N) is 1. The van der Waals surface area contributed by atoms with Crippen molar-refractivity contribution >= 4 is 15.9 Å². The summed E-state index contributed by atoms with van der Waals surface area (Å²) in [5.74, 6) is -0.195. The predicted molar refractivity (Wildman–Crippen MR) is 69.1 cm³/mol. The molecule has 0 aliphatic carbocycles. The first kappa shape index (κ1) is 13.1. The Kier molecular flexibility index (Phi) is 4.00. The van der Waals surface area contributed by atoms with E-state index < -0.39 is 6.10 Å². The number of hydrogen-bond acceptors (Lipinski definition) is 4. The first-order valence-electron chi connectivity index (χ1n) is 5.28. The van der Waals surface area contributed by atoms with Gasteiger partial charge in [0.25, 0.3) is 0 Å². The van der Waals surface area contributed by atoms with E-state index in [-0.39, 0.29) is 18.2 Å². The Balaban J connectivity index is 2.47. The topological polar surface area (TPSA) is 72.0 Å². The number of hydrogen-bond donors (Lipinski definition) is 2. The summed E-state index contributed by atoms with van der Waals surface area (Å²) in [5, 5.41) is 9.57. The molecule has 18 heavy (non-hydrogen) atoms. The van der Waals surface area contributed by atoms with Gasteiger partial charge in [-0.15, -0.1) is 0 Å². The average Bonchev–Trinajstić information content (AvgIpc) is 2.40. The Morgan fingerprint density at radius 1 is 1.39 bits per heavy atom. The molecule has 0 spiro atoms. The van der Waals surface area contributed by atoms with Crippen LogP contribution in [0.25, 0.3) is 11.3 Å². The van der Waals surface area contributed by atoms with Crippen LogP contribution in [0.4, 0.5) is 4.39 Å². The van der Waals surface area contributed by atoms with Crippen molar-refractivity contribution in [3.8, 4) is 11.3 Å². The van der Waals surface area contributed by atoms with Crippen molar-refractivity contribution < 1.29 is 9.50 Å². The molecule has 0 aliphatic rings. The first-order chi connectivity index (χ1) is 8.61. The zero-order chi connectivity index (χ0) is 13.1. The molecular weight excluding hydrogens is 301 g/mol. The number of benzene rings is 1. The summed E-state index contributed by atoms with van der Waals surface area (Å²) in [6, 6.07) is 6.16. The van der Waals surface area contributed by atoms with Crippen LogP contribution in [-0.2, 0) is 0 Å². The van der Waals surface area contributed by atoms with Gasteiger partial charge >= 0.3 is 0 Å². The molecule has 3 N–H and O–H groups in total. The maximum absolute atomic E-state index is 13.7. The van der Waals surface area contributed by atoms with Gasteiger partial charge < -0.3 is 10.8 Å². The lowest BCUT2D eigenvalue weighted by Gasteiger charge is -2.08. The van der Waals surface area contributed by atoms with Crippen molar-refractivity contribution in [3.05, 3.63) is 46.6 Å². The number of nitrogens with zero attached hydrogens (tertiary/aromatic N) is 2. The highest BCUT2D eigenvalue weighted by Crippen LogP contribution is 2.25. The molecule has 1 aromatic heterocycles. The van der Waals surface area contributed by atoms with Crippen LogP contribution in [-0.4, -0.2) is 21.6 Å². The van der Waals surface area contributed by atoms with E-state index in [0.717, 1.165) is 4.47 Å². The Labute approximate surface area is 112 Å². The molecule has 2 aromatic rings. The molecule has 0 saturated heterocycles. The van der Waals surface area contributed by atoms with Crippen molar-refractivity contribution in [2.75, 3.05) is 6.54 Å². The van der Waals surface area contributed by atoms with Crippen molar-refractivity contribution in [2.45, 2.75) is 6.10 Å². The highest BCUT2D eigenvalue weighted by molar-refractivity contribution is 9.10. The predicted octanol–water partition coefficient (Wildman–Crippen LogP) is 2.04. The molecule has 94 valence electrons. The number of aromatic nitrogens is 2. The summed E-state index contributed by atoms with van der Waals surface area (Å²) in [6.45, 7) is 0.0183. The average molecular weight is 312 g/mol. The minimum Gasteiger partial charge on any atom is -0.384 e. The Morgan fingerprint density at radius 3 is 2.89 bits per heavy atom. The fourth-order valence-corrected chi connectivity index (χ4v) is 1.84. The van der Waals surface area contributed by atoms with Gasteiger partial charge in [-0.2, -0.15) is 0 Å². The van der Waals surface area contributed by atoms with Crippen molar-refractivity contribution in [3.63, 3.8) is 0 Å². The van der Waals surface area contributed by atoms with E-state index in [0.29, 0.717) is 11.3 Å². The van der Waals surface area contributed by atoms with Crippen LogP contribution < -0.4 is 5.73 Å². The van der Waals surface area contributed by atoms with Crippen LogP contribution in [0.5, 0.6) is 0 Å². The molecule has 0 amide bonds. The third-order valence-corrected chi connectivity index (χ3v) is 2.89. The number of aliphatic hydroxyl groups excluding tert-OH is 1. The molecule has 0 aliphatic heterocycles.